The molecule has 2 aromatic rings. The lowest BCUT2D eigenvalue weighted by Crippen LogP contribution is -2.30. The van der Waals surface area contributed by atoms with Crippen LogP contribution in [0.2, 0.25) is 0 Å². The van der Waals surface area contributed by atoms with Gasteiger partial charge in [-0.1, -0.05) is 43.7 Å². The van der Waals surface area contributed by atoms with Gasteiger partial charge in [0.05, 0.1) is 12.7 Å². The number of likely N-dealkylation sites (N-methyl/N-ethyl adjacent to an activating group) is 1. The second kappa shape index (κ2) is 6.36. The van der Waals surface area contributed by atoms with Crippen LogP contribution in [0.25, 0.3) is 11.1 Å². The van der Waals surface area contributed by atoms with E-state index in [0.717, 1.165) is 6.54 Å². The molecule has 3 heteroatoms. The molecule has 0 aliphatic rings. The maximum Gasteiger partial charge on any atom is 0.0568 e. The van der Waals surface area contributed by atoms with E-state index in [1.54, 1.807) is 0 Å². The molecule has 0 spiro atoms. The van der Waals surface area contributed by atoms with E-state index in [-0.39, 0.29) is 0 Å². The van der Waals surface area contributed by atoms with Gasteiger partial charge in [0.2, 0.25) is 0 Å². The number of rotatable bonds is 6. The molecule has 1 aromatic heterocycles. The van der Waals surface area contributed by atoms with Crippen LogP contribution in [0.5, 0.6) is 0 Å². The van der Waals surface area contributed by atoms with Gasteiger partial charge >= 0.3 is 0 Å². The molecular weight excluding hydrogens is 222 g/mol. The molecule has 0 amide bonds. The van der Waals surface area contributed by atoms with E-state index in [4.69, 9.17) is 0 Å². The lowest BCUT2D eigenvalue weighted by atomic mass is 10.1. The molecule has 0 radical (unpaired) electrons. The number of hydrogen-bond acceptors (Lipinski definition) is 2. The first-order valence-electron chi connectivity index (χ1n) is 6.58. The van der Waals surface area contributed by atoms with Crippen LogP contribution in [0.3, 0.4) is 0 Å². The average molecular weight is 243 g/mol. The molecule has 0 aliphatic heterocycles. The Balaban J connectivity index is 2.06. The van der Waals surface area contributed by atoms with Crippen LogP contribution in [0.4, 0.5) is 0 Å². The maximum atomic E-state index is 4.44. The highest BCUT2D eigenvalue weighted by atomic mass is 15.3. The van der Waals surface area contributed by atoms with E-state index >= 15 is 0 Å². The first-order valence-corrected chi connectivity index (χ1v) is 6.58. The Kier molecular flexibility index (Phi) is 4.53. The van der Waals surface area contributed by atoms with Crippen molar-refractivity contribution in [1.82, 2.24) is 15.1 Å². The van der Waals surface area contributed by atoms with Gasteiger partial charge in [0, 0.05) is 17.8 Å². The molecule has 0 fully saturated rings. The standard InChI is InChI=1S/C15H21N3/c1-3-7-15(16-2)12-18-11-14(10-17-18)13-8-5-4-6-9-13/h4-6,8-11,15-16H,3,7,12H2,1-2H3. The summed E-state index contributed by atoms with van der Waals surface area (Å²) >= 11 is 0. The Morgan fingerprint density at radius 2 is 2.00 bits per heavy atom. The van der Waals surface area contributed by atoms with E-state index in [1.165, 1.54) is 24.0 Å². The molecule has 18 heavy (non-hydrogen) atoms. The molecule has 1 atom stereocenters. The van der Waals surface area contributed by atoms with Crippen molar-refractivity contribution >= 4 is 0 Å². The summed E-state index contributed by atoms with van der Waals surface area (Å²) in [6.07, 6.45) is 6.43. The van der Waals surface area contributed by atoms with Gasteiger partial charge in [0.15, 0.2) is 0 Å². The van der Waals surface area contributed by atoms with E-state index in [9.17, 15) is 0 Å². The Morgan fingerprint density at radius 3 is 2.67 bits per heavy atom. The van der Waals surface area contributed by atoms with Gasteiger partial charge in [0.1, 0.15) is 0 Å². The van der Waals surface area contributed by atoms with Gasteiger partial charge in [-0.25, -0.2) is 0 Å². The minimum atomic E-state index is 0.499. The summed E-state index contributed by atoms with van der Waals surface area (Å²) in [7, 11) is 2.02. The van der Waals surface area contributed by atoms with E-state index < -0.39 is 0 Å². The van der Waals surface area contributed by atoms with Crippen LogP contribution in [-0.2, 0) is 6.54 Å². The Hall–Kier alpha value is -1.61. The van der Waals surface area contributed by atoms with Crippen LogP contribution in [-0.4, -0.2) is 22.9 Å². The Morgan fingerprint density at radius 1 is 1.22 bits per heavy atom. The first-order chi connectivity index (χ1) is 8.83. The summed E-state index contributed by atoms with van der Waals surface area (Å²) < 4.78 is 2.03. The van der Waals surface area contributed by atoms with Crippen LogP contribution in [0.1, 0.15) is 19.8 Å². The monoisotopic (exact) mass is 243 g/mol. The molecule has 3 nitrogen and oxygen atoms in total. The normalized spacial score (nSPS) is 12.6. The highest BCUT2D eigenvalue weighted by Crippen LogP contribution is 2.17. The van der Waals surface area contributed by atoms with Crippen molar-refractivity contribution < 1.29 is 0 Å². The number of aromatic nitrogens is 2. The third-order valence-corrected chi connectivity index (χ3v) is 3.19. The average Bonchev–Trinajstić information content (AvgIpc) is 2.88. The quantitative estimate of drug-likeness (QED) is 0.845. The largest absolute Gasteiger partial charge is 0.315 e. The molecular formula is C15H21N3. The predicted molar refractivity (Wildman–Crippen MR) is 75.4 cm³/mol. The van der Waals surface area contributed by atoms with Gasteiger partial charge in [-0.05, 0) is 19.0 Å². The maximum absolute atomic E-state index is 4.44. The predicted octanol–water partition coefficient (Wildman–Crippen LogP) is 2.94. The molecule has 1 aromatic carbocycles. The number of nitrogens with zero attached hydrogens (tertiary/aromatic N) is 2. The smallest absolute Gasteiger partial charge is 0.0568 e. The fraction of sp³-hybridized carbons (Fsp3) is 0.400. The molecule has 0 saturated heterocycles. The van der Waals surface area contributed by atoms with E-state index in [0.29, 0.717) is 6.04 Å². The zero-order valence-corrected chi connectivity index (χ0v) is 11.1. The second-order valence-electron chi connectivity index (χ2n) is 4.59. The summed E-state index contributed by atoms with van der Waals surface area (Å²) in [5, 5.41) is 7.78. The van der Waals surface area contributed by atoms with Crippen molar-refractivity contribution in [1.29, 1.82) is 0 Å². The summed E-state index contributed by atoms with van der Waals surface area (Å²) in [6.45, 7) is 3.14. The van der Waals surface area contributed by atoms with Crippen LogP contribution < -0.4 is 5.32 Å². The lowest BCUT2D eigenvalue weighted by Gasteiger charge is -2.14. The van der Waals surface area contributed by atoms with E-state index in [1.807, 2.05) is 24.0 Å². The topological polar surface area (TPSA) is 29.9 Å². The van der Waals surface area contributed by atoms with Crippen molar-refractivity contribution in [3.05, 3.63) is 42.7 Å². The minimum absolute atomic E-state index is 0.499. The number of nitrogens with one attached hydrogen (secondary N) is 1. The molecule has 1 N–H and O–H groups in total. The van der Waals surface area contributed by atoms with Crippen molar-refractivity contribution in [2.75, 3.05) is 7.05 Å². The summed E-state index contributed by atoms with van der Waals surface area (Å²) in [5.41, 5.74) is 2.40. The highest BCUT2D eigenvalue weighted by Gasteiger charge is 2.07. The minimum Gasteiger partial charge on any atom is -0.315 e. The summed E-state index contributed by atoms with van der Waals surface area (Å²) in [6, 6.07) is 10.9. The zero-order chi connectivity index (χ0) is 12.8. The fourth-order valence-electron chi connectivity index (χ4n) is 2.14. The highest BCUT2D eigenvalue weighted by molar-refractivity contribution is 5.61. The number of hydrogen-bond donors (Lipinski definition) is 1. The molecule has 0 aliphatic carbocycles. The summed E-state index contributed by atoms with van der Waals surface area (Å²) in [5.74, 6) is 0. The van der Waals surface area contributed by atoms with Crippen molar-refractivity contribution in [2.24, 2.45) is 0 Å². The van der Waals surface area contributed by atoms with Crippen LogP contribution >= 0.6 is 0 Å². The fourth-order valence-corrected chi connectivity index (χ4v) is 2.14. The molecule has 1 heterocycles. The van der Waals surface area contributed by atoms with Crippen LogP contribution in [0, 0.1) is 0 Å². The molecule has 1 unspecified atom stereocenters. The zero-order valence-electron chi connectivity index (χ0n) is 11.1. The van der Waals surface area contributed by atoms with Crippen LogP contribution in [0.15, 0.2) is 42.7 Å². The molecule has 2 rings (SSSR count). The Bertz CT molecular complexity index is 462. The summed E-state index contributed by atoms with van der Waals surface area (Å²) in [4.78, 5) is 0. The van der Waals surface area contributed by atoms with Gasteiger partial charge < -0.3 is 5.32 Å². The molecule has 0 saturated carbocycles. The van der Waals surface area contributed by atoms with Crippen molar-refractivity contribution in [3.8, 4) is 11.1 Å². The van der Waals surface area contributed by atoms with E-state index in [2.05, 4.69) is 47.8 Å². The third-order valence-electron chi connectivity index (χ3n) is 3.19. The molecule has 0 bridgehead atoms. The lowest BCUT2D eigenvalue weighted by molar-refractivity contribution is 0.426. The first kappa shape index (κ1) is 12.8. The SMILES string of the molecule is CCCC(Cn1cc(-c2ccccc2)cn1)NC. The second-order valence-corrected chi connectivity index (χ2v) is 4.59. The van der Waals surface area contributed by atoms with Gasteiger partial charge in [0.25, 0.3) is 0 Å². The van der Waals surface area contributed by atoms with Crippen molar-refractivity contribution in [2.45, 2.75) is 32.4 Å². The number of benzene rings is 1. The molecule has 96 valence electrons. The van der Waals surface area contributed by atoms with Gasteiger partial charge in [-0.3, -0.25) is 4.68 Å². The van der Waals surface area contributed by atoms with Gasteiger partial charge in [-0.15, -0.1) is 0 Å². The van der Waals surface area contributed by atoms with Crippen molar-refractivity contribution in [3.63, 3.8) is 0 Å². The third kappa shape index (κ3) is 3.20. The Labute approximate surface area is 109 Å². The van der Waals surface area contributed by atoms with Gasteiger partial charge in [-0.2, -0.15) is 5.10 Å².